The van der Waals surface area contributed by atoms with Crippen molar-refractivity contribution in [2.75, 3.05) is 43.1 Å². The Kier molecular flexibility index (Phi) is 11.3. The van der Waals surface area contributed by atoms with Crippen molar-refractivity contribution in [3.05, 3.63) is 40.4 Å². The van der Waals surface area contributed by atoms with E-state index < -0.39 is 39.0 Å². The predicted octanol–water partition coefficient (Wildman–Crippen LogP) is 4.12. The molecule has 0 radical (unpaired) electrons. The van der Waals surface area contributed by atoms with Crippen LogP contribution in [0.2, 0.25) is 0 Å². The molecule has 2 aromatic rings. The van der Waals surface area contributed by atoms with Gasteiger partial charge >= 0.3 is 12.2 Å². The molecule has 0 spiro atoms. The number of aromatic nitrogens is 1. The van der Waals surface area contributed by atoms with E-state index in [4.69, 9.17) is 0 Å². The quantitative estimate of drug-likeness (QED) is 0.216. The van der Waals surface area contributed by atoms with E-state index in [-0.39, 0.29) is 5.91 Å². The molecule has 14 nitrogen and oxygen atoms in total. The lowest BCUT2D eigenvalue weighted by Gasteiger charge is -2.55. The normalized spacial score (nSPS) is 16.3. The SMILES string of the molecule is CC(=O)Nc1nc(CCc2ccc(NC(NC(=O)O)(N(C(=O)O)C(C)(C)C)C(C)(C)C)cc2)c(CN2CCN(S(C)(=O)=O)CC2)s1. The second-order valence-corrected chi connectivity index (χ2v) is 16.6. The van der Waals surface area contributed by atoms with Gasteiger partial charge in [0, 0.05) is 61.2 Å². The topological polar surface area (TPSA) is 185 Å². The molecule has 3 amide bonds. The number of hydrogen-bond donors (Lipinski definition) is 5. The fourth-order valence-electron chi connectivity index (χ4n) is 5.50. The number of thiazole rings is 1. The second kappa shape index (κ2) is 14.1. The first-order valence-corrected chi connectivity index (χ1v) is 17.6. The summed E-state index contributed by atoms with van der Waals surface area (Å²) in [6.45, 7) is 14.4. The zero-order chi connectivity index (χ0) is 34.7. The minimum atomic E-state index is -3.23. The highest BCUT2D eigenvalue weighted by Gasteiger charge is 2.54. The maximum absolute atomic E-state index is 12.5. The summed E-state index contributed by atoms with van der Waals surface area (Å²) in [6.07, 6.45) is -0.221. The Balaban J connectivity index is 1.81. The Morgan fingerprint density at radius 3 is 2.02 bits per heavy atom. The van der Waals surface area contributed by atoms with E-state index in [9.17, 15) is 33.0 Å². The summed E-state index contributed by atoms with van der Waals surface area (Å²) in [6, 6.07) is 7.36. The van der Waals surface area contributed by atoms with Gasteiger partial charge in [0.15, 0.2) is 5.13 Å². The van der Waals surface area contributed by atoms with E-state index in [1.165, 1.54) is 28.8 Å². The zero-order valence-corrected chi connectivity index (χ0v) is 29.4. The van der Waals surface area contributed by atoms with Crippen molar-refractivity contribution < 1.29 is 33.0 Å². The summed E-state index contributed by atoms with van der Waals surface area (Å²) in [7, 11) is -3.23. The molecule has 1 fully saturated rings. The average molecular weight is 682 g/mol. The Morgan fingerprint density at radius 2 is 1.57 bits per heavy atom. The molecule has 1 atom stereocenters. The van der Waals surface area contributed by atoms with Crippen molar-refractivity contribution in [3.8, 4) is 0 Å². The highest BCUT2D eigenvalue weighted by atomic mass is 32.2. The Morgan fingerprint density at radius 1 is 0.978 bits per heavy atom. The molecule has 1 aliphatic rings. The lowest BCUT2D eigenvalue weighted by atomic mass is 9.82. The van der Waals surface area contributed by atoms with Crippen LogP contribution in [0.4, 0.5) is 20.4 Å². The Hall–Kier alpha value is -3.47. The fraction of sp³-hybridized carbons (Fsp3) is 0.600. The highest BCUT2D eigenvalue weighted by molar-refractivity contribution is 7.88. The Bertz CT molecular complexity index is 1510. The number of nitrogens with zero attached hydrogens (tertiary/aromatic N) is 4. The third-order valence-electron chi connectivity index (χ3n) is 7.73. The summed E-state index contributed by atoms with van der Waals surface area (Å²) in [5.41, 5.74) is 0.474. The van der Waals surface area contributed by atoms with Gasteiger partial charge in [0.25, 0.3) is 0 Å². The standard InChI is InChI=1S/C30H47N7O7S2/c1-20(38)31-25-32-23(24(45-25)19-35-15-17-36(18-16-35)46(8,43)44)14-11-21-9-12-22(13-10-21)33-30(28(2,3)4,34-26(39)40)37(27(41)42)29(5,6)7/h9-10,12-13,33-34H,11,14-19H2,1-8H3,(H,39,40)(H,41,42)(H,31,32,38). The van der Waals surface area contributed by atoms with Crippen molar-refractivity contribution >= 4 is 50.3 Å². The third kappa shape index (κ3) is 9.30. The van der Waals surface area contributed by atoms with Crippen LogP contribution in [0.1, 0.15) is 64.6 Å². The fourth-order valence-corrected chi connectivity index (χ4v) is 7.42. The van der Waals surface area contributed by atoms with Crippen LogP contribution in [0.15, 0.2) is 24.3 Å². The van der Waals surface area contributed by atoms with Gasteiger partial charge in [-0.25, -0.2) is 23.0 Å². The molecule has 16 heteroatoms. The largest absolute Gasteiger partial charge is 0.465 e. The van der Waals surface area contributed by atoms with Crippen molar-refractivity contribution in [3.63, 3.8) is 0 Å². The van der Waals surface area contributed by atoms with Crippen LogP contribution in [0.5, 0.6) is 0 Å². The smallest absolute Gasteiger partial charge is 0.411 e. The van der Waals surface area contributed by atoms with Crippen LogP contribution in [0.3, 0.4) is 0 Å². The zero-order valence-electron chi connectivity index (χ0n) is 27.8. The number of anilines is 2. The highest BCUT2D eigenvalue weighted by Crippen LogP contribution is 2.39. The molecule has 1 saturated heterocycles. The summed E-state index contributed by atoms with van der Waals surface area (Å²) >= 11 is 1.41. The van der Waals surface area contributed by atoms with Gasteiger partial charge < -0.3 is 20.8 Å². The van der Waals surface area contributed by atoms with Crippen molar-refractivity contribution in [2.45, 2.75) is 79.2 Å². The van der Waals surface area contributed by atoms with Crippen LogP contribution in [0, 0.1) is 5.41 Å². The maximum Gasteiger partial charge on any atom is 0.411 e. The molecular weight excluding hydrogens is 635 g/mol. The van der Waals surface area contributed by atoms with E-state index in [1.807, 2.05) is 12.1 Å². The number of carboxylic acid groups (broad SMARTS) is 2. The molecule has 256 valence electrons. The third-order valence-corrected chi connectivity index (χ3v) is 10.0. The number of nitrogens with one attached hydrogen (secondary N) is 3. The van der Waals surface area contributed by atoms with Crippen molar-refractivity contribution in [1.82, 2.24) is 24.4 Å². The maximum atomic E-state index is 12.5. The number of benzene rings is 1. The number of amides is 3. The number of aryl methyl sites for hydroxylation is 2. The van der Waals surface area contributed by atoms with Gasteiger partial charge in [0.1, 0.15) is 0 Å². The molecular formula is C30H47N7O7S2. The molecule has 2 heterocycles. The number of hydrogen-bond acceptors (Lipinski definition) is 9. The van der Waals surface area contributed by atoms with Gasteiger partial charge in [0.05, 0.1) is 11.9 Å². The van der Waals surface area contributed by atoms with Gasteiger partial charge in [-0.05, 0) is 51.3 Å². The van der Waals surface area contributed by atoms with Crippen LogP contribution in [-0.4, -0.2) is 99.6 Å². The van der Waals surface area contributed by atoms with E-state index in [2.05, 4.69) is 25.8 Å². The predicted molar refractivity (Wildman–Crippen MR) is 179 cm³/mol. The van der Waals surface area contributed by atoms with Gasteiger partial charge in [-0.15, -0.1) is 11.3 Å². The molecule has 46 heavy (non-hydrogen) atoms. The first kappa shape index (κ1) is 37.0. The van der Waals surface area contributed by atoms with Gasteiger partial charge in [-0.2, -0.15) is 4.31 Å². The van der Waals surface area contributed by atoms with E-state index in [0.717, 1.165) is 21.0 Å². The molecule has 1 aromatic carbocycles. The molecule has 0 aliphatic carbocycles. The molecule has 1 unspecified atom stereocenters. The lowest BCUT2D eigenvalue weighted by Crippen LogP contribution is -2.76. The number of sulfonamides is 1. The first-order valence-electron chi connectivity index (χ1n) is 15.0. The summed E-state index contributed by atoms with van der Waals surface area (Å²) < 4.78 is 25.3. The van der Waals surface area contributed by atoms with E-state index in [0.29, 0.717) is 56.4 Å². The van der Waals surface area contributed by atoms with Gasteiger partial charge in [-0.3, -0.25) is 19.9 Å². The monoisotopic (exact) mass is 681 g/mol. The first-order chi connectivity index (χ1) is 21.1. The minimum absolute atomic E-state index is 0.214. The van der Waals surface area contributed by atoms with Crippen molar-refractivity contribution in [1.29, 1.82) is 0 Å². The van der Waals surface area contributed by atoms with Crippen LogP contribution in [0.25, 0.3) is 0 Å². The number of rotatable bonds is 11. The van der Waals surface area contributed by atoms with Gasteiger partial charge in [0.2, 0.25) is 21.7 Å². The number of carbonyl (C=O) groups is 3. The minimum Gasteiger partial charge on any atom is -0.465 e. The van der Waals surface area contributed by atoms with Crippen LogP contribution >= 0.6 is 11.3 Å². The van der Waals surface area contributed by atoms with Crippen LogP contribution in [-0.2, 0) is 34.2 Å². The lowest BCUT2D eigenvalue weighted by molar-refractivity contribution is -0.114. The molecule has 1 aromatic heterocycles. The molecule has 0 saturated carbocycles. The molecule has 3 rings (SSSR count). The Labute approximate surface area is 275 Å². The molecule has 5 N–H and O–H groups in total. The summed E-state index contributed by atoms with van der Waals surface area (Å²) in [5, 5.41) is 29.0. The number of carbonyl (C=O) groups excluding carboxylic acids is 1. The number of piperazine rings is 1. The van der Waals surface area contributed by atoms with Crippen molar-refractivity contribution in [2.24, 2.45) is 5.41 Å². The van der Waals surface area contributed by atoms with Crippen LogP contribution < -0.4 is 16.0 Å². The van der Waals surface area contributed by atoms with E-state index in [1.54, 1.807) is 53.7 Å². The van der Waals surface area contributed by atoms with Gasteiger partial charge in [-0.1, -0.05) is 32.9 Å². The average Bonchev–Trinajstić information content (AvgIpc) is 3.25. The molecule has 0 bridgehead atoms. The summed E-state index contributed by atoms with van der Waals surface area (Å²) in [4.78, 5) is 45.3. The second-order valence-electron chi connectivity index (χ2n) is 13.5. The van der Waals surface area contributed by atoms with E-state index >= 15 is 0 Å². The summed E-state index contributed by atoms with van der Waals surface area (Å²) in [5.74, 6) is -1.93. The molecule has 1 aliphatic heterocycles.